The van der Waals surface area contributed by atoms with Crippen molar-refractivity contribution in [2.24, 2.45) is 5.92 Å². The molecule has 10 nitrogen and oxygen atoms in total. The van der Waals surface area contributed by atoms with Gasteiger partial charge < -0.3 is 10.6 Å². The fraction of sp³-hybridized carbons (Fsp3) is 0.263. The van der Waals surface area contributed by atoms with E-state index in [0.717, 1.165) is 12.3 Å². The Morgan fingerprint density at radius 3 is 2.22 bits per heavy atom. The van der Waals surface area contributed by atoms with E-state index in [-0.39, 0.29) is 38.6 Å². The number of carbonyl (C=O) groups excluding carboxylic acids is 2. The molecule has 0 aliphatic carbocycles. The lowest BCUT2D eigenvalue weighted by Gasteiger charge is -2.23. The number of anilines is 2. The van der Waals surface area contributed by atoms with Crippen LogP contribution in [-0.4, -0.2) is 37.5 Å². The molecule has 0 saturated carbocycles. The maximum atomic E-state index is 12.9. The van der Waals surface area contributed by atoms with Crippen molar-refractivity contribution in [2.45, 2.75) is 19.9 Å². The van der Waals surface area contributed by atoms with Gasteiger partial charge in [0.05, 0.1) is 33.1 Å². The predicted octanol–water partition coefficient (Wildman–Crippen LogP) is 3.67. The zero-order chi connectivity index (χ0) is 24.2. The quantitative estimate of drug-likeness (QED) is 0.370. The van der Waals surface area contributed by atoms with Gasteiger partial charge in [0.1, 0.15) is 6.04 Å². The second-order valence-corrected chi connectivity index (χ2v) is 9.76. The summed E-state index contributed by atoms with van der Waals surface area (Å²) < 4.78 is 25.4. The summed E-state index contributed by atoms with van der Waals surface area (Å²) in [5.74, 6) is -1.73. The highest BCUT2D eigenvalue weighted by atomic mass is 35.5. The molecule has 2 aromatic carbocycles. The first kappa shape index (κ1) is 25.4. The van der Waals surface area contributed by atoms with Gasteiger partial charge in [0, 0.05) is 17.2 Å². The van der Waals surface area contributed by atoms with Gasteiger partial charge in [-0.25, -0.2) is 8.42 Å². The number of nitrogens with one attached hydrogen (secondary N) is 3. The number of nitrogens with zero attached hydrogens (tertiary/aromatic N) is 1. The van der Waals surface area contributed by atoms with E-state index in [2.05, 4.69) is 15.4 Å². The SMILES string of the molecule is CC(C)C(NC(=O)c1cc(Cl)ccc1NS(C)(=O)=O)C(=O)Nc1ccc([N+](=O)[O-])cc1Cl. The highest BCUT2D eigenvalue weighted by Crippen LogP contribution is 2.27. The molecule has 0 spiro atoms. The molecule has 13 heteroatoms. The van der Waals surface area contributed by atoms with Gasteiger partial charge in [-0.2, -0.15) is 0 Å². The van der Waals surface area contributed by atoms with Gasteiger partial charge in [-0.05, 0) is 30.2 Å². The summed E-state index contributed by atoms with van der Waals surface area (Å²) in [6.45, 7) is 3.38. The van der Waals surface area contributed by atoms with Crippen LogP contribution in [0.4, 0.5) is 17.1 Å². The number of benzene rings is 2. The van der Waals surface area contributed by atoms with Crippen molar-refractivity contribution in [1.82, 2.24) is 5.32 Å². The van der Waals surface area contributed by atoms with Crippen LogP contribution in [0.1, 0.15) is 24.2 Å². The first-order chi connectivity index (χ1) is 14.8. The lowest BCUT2D eigenvalue weighted by molar-refractivity contribution is -0.384. The number of amides is 2. The fourth-order valence-electron chi connectivity index (χ4n) is 2.68. The summed E-state index contributed by atoms with van der Waals surface area (Å²) in [4.78, 5) is 35.9. The van der Waals surface area contributed by atoms with E-state index in [1.807, 2.05) is 0 Å². The molecule has 1 atom stereocenters. The van der Waals surface area contributed by atoms with Gasteiger partial charge in [0.15, 0.2) is 0 Å². The first-order valence-electron chi connectivity index (χ1n) is 9.11. The van der Waals surface area contributed by atoms with Crippen molar-refractivity contribution in [1.29, 1.82) is 0 Å². The van der Waals surface area contributed by atoms with Crippen LogP contribution in [0.3, 0.4) is 0 Å². The normalized spacial score (nSPS) is 12.2. The zero-order valence-electron chi connectivity index (χ0n) is 17.2. The second-order valence-electron chi connectivity index (χ2n) is 7.17. The molecule has 2 amide bonds. The molecule has 0 bridgehead atoms. The Balaban J connectivity index is 2.27. The molecule has 1 unspecified atom stereocenters. The number of nitro benzene ring substituents is 1. The average Bonchev–Trinajstić information content (AvgIpc) is 2.67. The molecule has 172 valence electrons. The van der Waals surface area contributed by atoms with Gasteiger partial charge in [-0.3, -0.25) is 24.4 Å². The molecule has 32 heavy (non-hydrogen) atoms. The van der Waals surface area contributed by atoms with Crippen LogP contribution in [0.5, 0.6) is 0 Å². The Bertz CT molecular complexity index is 1170. The first-order valence-corrected chi connectivity index (χ1v) is 11.8. The standard InChI is InChI=1S/C19H20Cl2N4O6S/c1-10(2)17(19(27)22-16-7-5-12(25(28)29)9-14(16)21)23-18(26)13-8-11(20)4-6-15(13)24-32(3,30)31/h4-10,17,24H,1-3H3,(H,22,27)(H,23,26). The van der Waals surface area contributed by atoms with Gasteiger partial charge in [0.25, 0.3) is 11.6 Å². The van der Waals surface area contributed by atoms with Crippen molar-refractivity contribution < 1.29 is 22.9 Å². The highest BCUT2D eigenvalue weighted by molar-refractivity contribution is 7.92. The Morgan fingerprint density at radius 2 is 1.69 bits per heavy atom. The van der Waals surface area contributed by atoms with Crippen LogP contribution < -0.4 is 15.4 Å². The Labute approximate surface area is 194 Å². The molecular formula is C19H20Cl2N4O6S. The van der Waals surface area contributed by atoms with Crippen molar-refractivity contribution in [2.75, 3.05) is 16.3 Å². The molecule has 0 aromatic heterocycles. The molecule has 3 N–H and O–H groups in total. The Morgan fingerprint density at radius 1 is 1.06 bits per heavy atom. The number of nitro groups is 1. The number of halogens is 2. The molecule has 0 saturated heterocycles. The maximum Gasteiger partial charge on any atom is 0.271 e. The third-order valence-corrected chi connectivity index (χ3v) is 5.32. The van der Waals surface area contributed by atoms with Gasteiger partial charge >= 0.3 is 0 Å². The van der Waals surface area contributed by atoms with E-state index in [9.17, 15) is 28.1 Å². The van der Waals surface area contributed by atoms with Crippen LogP contribution >= 0.6 is 23.2 Å². The van der Waals surface area contributed by atoms with E-state index in [0.29, 0.717) is 0 Å². The predicted molar refractivity (Wildman–Crippen MR) is 123 cm³/mol. The van der Waals surface area contributed by atoms with Crippen LogP contribution in [0, 0.1) is 16.0 Å². The third-order valence-electron chi connectivity index (χ3n) is 4.18. The highest BCUT2D eigenvalue weighted by Gasteiger charge is 2.27. The van der Waals surface area contributed by atoms with Crippen molar-refractivity contribution in [3.63, 3.8) is 0 Å². The summed E-state index contributed by atoms with van der Waals surface area (Å²) in [7, 11) is -3.68. The van der Waals surface area contributed by atoms with Crippen LogP contribution in [-0.2, 0) is 14.8 Å². The van der Waals surface area contributed by atoms with E-state index in [1.165, 1.54) is 30.3 Å². The van der Waals surface area contributed by atoms with E-state index < -0.39 is 32.8 Å². The van der Waals surface area contributed by atoms with Crippen molar-refractivity contribution in [3.05, 3.63) is 62.1 Å². The van der Waals surface area contributed by atoms with Crippen LogP contribution in [0.15, 0.2) is 36.4 Å². The minimum Gasteiger partial charge on any atom is -0.340 e. The molecular weight excluding hydrogens is 483 g/mol. The smallest absolute Gasteiger partial charge is 0.271 e. The minimum absolute atomic E-state index is 0.00396. The number of carbonyl (C=O) groups is 2. The summed E-state index contributed by atoms with van der Waals surface area (Å²) in [5.41, 5.74) is -0.191. The topological polar surface area (TPSA) is 148 Å². The number of sulfonamides is 1. The monoisotopic (exact) mass is 502 g/mol. The van der Waals surface area contributed by atoms with Crippen LogP contribution in [0.25, 0.3) is 0 Å². The Kier molecular flexibility index (Phi) is 8.05. The van der Waals surface area contributed by atoms with E-state index in [4.69, 9.17) is 23.2 Å². The van der Waals surface area contributed by atoms with E-state index in [1.54, 1.807) is 13.8 Å². The fourth-order valence-corrected chi connectivity index (χ4v) is 3.65. The number of rotatable bonds is 8. The number of non-ortho nitro benzene ring substituents is 1. The zero-order valence-corrected chi connectivity index (χ0v) is 19.5. The van der Waals surface area contributed by atoms with Gasteiger partial charge in [0.2, 0.25) is 15.9 Å². The van der Waals surface area contributed by atoms with Crippen molar-refractivity contribution >= 4 is 62.1 Å². The summed E-state index contributed by atoms with van der Waals surface area (Å²) in [6.07, 6.45) is 0.932. The molecule has 0 radical (unpaired) electrons. The summed E-state index contributed by atoms with van der Waals surface area (Å²) >= 11 is 12.0. The summed E-state index contributed by atoms with van der Waals surface area (Å²) in [5, 5.41) is 16.1. The second kappa shape index (κ2) is 10.2. The summed E-state index contributed by atoms with van der Waals surface area (Å²) in [6, 6.07) is 6.53. The van der Waals surface area contributed by atoms with Gasteiger partial charge in [-0.15, -0.1) is 0 Å². The third kappa shape index (κ3) is 6.81. The number of hydrogen-bond acceptors (Lipinski definition) is 6. The van der Waals surface area contributed by atoms with Crippen molar-refractivity contribution in [3.8, 4) is 0 Å². The lowest BCUT2D eigenvalue weighted by Crippen LogP contribution is -2.47. The molecule has 2 aromatic rings. The van der Waals surface area contributed by atoms with E-state index >= 15 is 0 Å². The minimum atomic E-state index is -3.68. The lowest BCUT2D eigenvalue weighted by atomic mass is 10.0. The van der Waals surface area contributed by atoms with Gasteiger partial charge in [-0.1, -0.05) is 37.0 Å². The molecule has 0 aliphatic heterocycles. The molecule has 0 fully saturated rings. The maximum absolute atomic E-state index is 12.9. The average molecular weight is 503 g/mol. The molecule has 2 rings (SSSR count). The van der Waals surface area contributed by atoms with Crippen LogP contribution in [0.2, 0.25) is 10.0 Å². The number of hydrogen-bond donors (Lipinski definition) is 3. The Hall–Kier alpha value is -2.89. The largest absolute Gasteiger partial charge is 0.340 e. The molecule has 0 heterocycles. The molecule has 0 aliphatic rings.